The van der Waals surface area contributed by atoms with E-state index in [-0.39, 0.29) is 5.13 Å². The van der Waals surface area contributed by atoms with Gasteiger partial charge in [-0.15, -0.1) is 10.2 Å². The van der Waals surface area contributed by atoms with E-state index in [9.17, 15) is 9.59 Å². The van der Waals surface area contributed by atoms with Crippen molar-refractivity contribution in [3.05, 3.63) is 60.2 Å². The molecule has 3 aromatic rings. The quantitative estimate of drug-likeness (QED) is 0.401. The molecular weight excluding hydrogens is 366 g/mol. The summed E-state index contributed by atoms with van der Waals surface area (Å²) in [6, 6.07) is 16.5. The number of carbonyl (C=O) groups excluding carboxylic acids is 2. The number of nitrogens with one attached hydrogen (secondary N) is 2. The molecule has 1 heterocycles. The molecule has 0 atom stereocenters. The number of benzene rings is 2. The summed E-state index contributed by atoms with van der Waals surface area (Å²) < 4.78 is 5.05. The second-order valence-corrected chi connectivity index (χ2v) is 6.18. The van der Waals surface area contributed by atoms with Crippen LogP contribution in [0.2, 0.25) is 0 Å². The van der Waals surface area contributed by atoms with Crippen LogP contribution in [0.1, 0.15) is 5.56 Å². The Morgan fingerprint density at radius 3 is 2.48 bits per heavy atom. The van der Waals surface area contributed by atoms with Crippen LogP contribution in [0.3, 0.4) is 0 Å². The van der Waals surface area contributed by atoms with Crippen molar-refractivity contribution in [1.82, 2.24) is 15.6 Å². The third-order valence-corrected chi connectivity index (χ3v) is 4.26. The summed E-state index contributed by atoms with van der Waals surface area (Å²) in [7, 11) is 1.57. The van der Waals surface area contributed by atoms with Crippen LogP contribution in [0.5, 0.6) is 5.75 Å². The van der Waals surface area contributed by atoms with Crippen molar-refractivity contribution in [2.75, 3.05) is 12.4 Å². The molecule has 136 valence electrons. The Kier molecular flexibility index (Phi) is 5.85. The molecule has 0 saturated carbocycles. The van der Waals surface area contributed by atoms with E-state index in [0.717, 1.165) is 11.1 Å². The van der Waals surface area contributed by atoms with E-state index in [1.54, 1.807) is 31.4 Å². The summed E-state index contributed by atoms with van der Waals surface area (Å²) in [6.07, 6.45) is 1.42. The fraction of sp³-hybridized carbons (Fsp3) is 0.0556. The summed E-state index contributed by atoms with van der Waals surface area (Å²) in [5.41, 5.74) is 3.78. The van der Waals surface area contributed by atoms with Crippen LogP contribution in [0.25, 0.3) is 10.6 Å². The van der Waals surface area contributed by atoms with Gasteiger partial charge in [-0.3, -0.25) is 14.9 Å². The van der Waals surface area contributed by atoms with Crippen LogP contribution in [-0.4, -0.2) is 35.3 Å². The van der Waals surface area contributed by atoms with Crippen LogP contribution in [0, 0.1) is 0 Å². The first-order valence-corrected chi connectivity index (χ1v) is 8.65. The molecule has 2 N–H and O–H groups in total. The van der Waals surface area contributed by atoms with Gasteiger partial charge in [0, 0.05) is 5.56 Å². The number of carbonyl (C=O) groups is 2. The maximum absolute atomic E-state index is 11.9. The summed E-state index contributed by atoms with van der Waals surface area (Å²) in [4.78, 5) is 23.7. The normalized spacial score (nSPS) is 10.6. The molecule has 0 aliphatic heterocycles. The summed E-state index contributed by atoms with van der Waals surface area (Å²) in [6.45, 7) is 0. The van der Waals surface area contributed by atoms with Crippen molar-refractivity contribution in [2.45, 2.75) is 0 Å². The van der Waals surface area contributed by atoms with Gasteiger partial charge in [-0.05, 0) is 29.8 Å². The van der Waals surface area contributed by atoms with Gasteiger partial charge in [0.2, 0.25) is 5.13 Å². The van der Waals surface area contributed by atoms with Crippen molar-refractivity contribution in [3.8, 4) is 16.3 Å². The van der Waals surface area contributed by atoms with Crippen molar-refractivity contribution in [1.29, 1.82) is 0 Å². The molecule has 2 amide bonds. The Morgan fingerprint density at radius 2 is 1.78 bits per heavy atom. The molecule has 0 unspecified atom stereocenters. The van der Waals surface area contributed by atoms with Gasteiger partial charge in [-0.2, -0.15) is 5.10 Å². The van der Waals surface area contributed by atoms with Crippen molar-refractivity contribution in [3.63, 3.8) is 0 Å². The van der Waals surface area contributed by atoms with Gasteiger partial charge in [0.1, 0.15) is 10.8 Å². The average Bonchev–Trinajstić information content (AvgIpc) is 3.17. The minimum Gasteiger partial charge on any atom is -0.497 e. The highest BCUT2D eigenvalue weighted by Gasteiger charge is 2.16. The topological polar surface area (TPSA) is 106 Å². The van der Waals surface area contributed by atoms with E-state index in [4.69, 9.17) is 4.74 Å². The number of methoxy groups -OCH3 is 1. The van der Waals surface area contributed by atoms with Gasteiger partial charge in [0.05, 0.1) is 13.3 Å². The molecule has 0 aliphatic rings. The number of rotatable bonds is 5. The van der Waals surface area contributed by atoms with E-state index in [2.05, 4.69) is 26.0 Å². The molecule has 3 rings (SSSR count). The summed E-state index contributed by atoms with van der Waals surface area (Å²) >= 11 is 1.17. The lowest BCUT2D eigenvalue weighted by atomic mass is 10.2. The van der Waals surface area contributed by atoms with Crippen LogP contribution < -0.4 is 15.5 Å². The fourth-order valence-corrected chi connectivity index (χ4v) is 2.78. The number of ether oxygens (including phenoxy) is 1. The Bertz CT molecular complexity index is 955. The van der Waals surface area contributed by atoms with Crippen molar-refractivity contribution in [2.24, 2.45) is 5.10 Å². The van der Waals surface area contributed by atoms with E-state index in [0.29, 0.717) is 10.8 Å². The molecular formula is C18H15N5O3S. The Hall–Kier alpha value is -3.59. The van der Waals surface area contributed by atoms with Gasteiger partial charge >= 0.3 is 11.8 Å². The van der Waals surface area contributed by atoms with Crippen LogP contribution >= 0.6 is 11.3 Å². The Balaban J connectivity index is 1.54. The highest BCUT2D eigenvalue weighted by atomic mass is 32.1. The lowest BCUT2D eigenvalue weighted by molar-refractivity contribution is -0.136. The molecule has 0 fully saturated rings. The molecule has 2 aromatic carbocycles. The molecule has 9 heteroatoms. The predicted molar refractivity (Wildman–Crippen MR) is 103 cm³/mol. The molecule has 0 saturated heterocycles. The first-order chi connectivity index (χ1) is 13.2. The molecule has 0 radical (unpaired) electrons. The van der Waals surface area contributed by atoms with E-state index >= 15 is 0 Å². The molecule has 0 spiro atoms. The number of nitrogens with zero attached hydrogens (tertiary/aromatic N) is 3. The number of hydrogen-bond donors (Lipinski definition) is 2. The minimum absolute atomic E-state index is 0.230. The molecule has 8 nitrogen and oxygen atoms in total. The lowest BCUT2D eigenvalue weighted by Crippen LogP contribution is -2.32. The Morgan fingerprint density at radius 1 is 1.04 bits per heavy atom. The number of aromatic nitrogens is 2. The van der Waals surface area contributed by atoms with Gasteiger partial charge in [0.25, 0.3) is 0 Å². The maximum Gasteiger partial charge on any atom is 0.329 e. The first kappa shape index (κ1) is 18.2. The number of anilines is 1. The average molecular weight is 381 g/mol. The zero-order valence-electron chi connectivity index (χ0n) is 14.2. The van der Waals surface area contributed by atoms with E-state index < -0.39 is 11.8 Å². The van der Waals surface area contributed by atoms with Gasteiger partial charge in [0.15, 0.2) is 0 Å². The monoisotopic (exact) mass is 381 g/mol. The number of hydrogen-bond acceptors (Lipinski definition) is 7. The predicted octanol–water partition coefficient (Wildman–Crippen LogP) is 2.30. The van der Waals surface area contributed by atoms with Crippen molar-refractivity contribution < 1.29 is 14.3 Å². The fourth-order valence-electron chi connectivity index (χ4n) is 2.03. The highest BCUT2D eigenvalue weighted by molar-refractivity contribution is 7.18. The standard InChI is InChI=1S/C18H15N5O3S/c1-26-14-9-7-12(8-10-14)11-19-21-16(25)15(24)20-18-23-22-17(27-18)13-5-3-2-4-6-13/h2-11H,1H3,(H,21,25)(H,20,23,24). The maximum atomic E-state index is 11.9. The molecule has 0 aliphatic carbocycles. The smallest absolute Gasteiger partial charge is 0.329 e. The zero-order chi connectivity index (χ0) is 19.1. The highest BCUT2D eigenvalue weighted by Crippen LogP contribution is 2.25. The van der Waals surface area contributed by atoms with E-state index in [1.165, 1.54) is 17.6 Å². The largest absolute Gasteiger partial charge is 0.497 e. The second-order valence-electron chi connectivity index (χ2n) is 5.20. The lowest BCUT2D eigenvalue weighted by Gasteiger charge is -2.00. The van der Waals surface area contributed by atoms with E-state index in [1.807, 2.05) is 30.3 Å². The molecule has 27 heavy (non-hydrogen) atoms. The van der Waals surface area contributed by atoms with Crippen molar-refractivity contribution >= 4 is 34.5 Å². The molecule has 0 bridgehead atoms. The third-order valence-electron chi connectivity index (χ3n) is 3.37. The summed E-state index contributed by atoms with van der Waals surface area (Å²) in [5, 5.41) is 14.9. The number of hydrazone groups is 1. The van der Waals surface area contributed by atoms with Crippen LogP contribution in [0.4, 0.5) is 5.13 Å². The van der Waals surface area contributed by atoms with Gasteiger partial charge in [-0.25, -0.2) is 5.43 Å². The van der Waals surface area contributed by atoms with Crippen LogP contribution in [-0.2, 0) is 9.59 Å². The second kappa shape index (κ2) is 8.68. The van der Waals surface area contributed by atoms with Gasteiger partial charge in [-0.1, -0.05) is 41.7 Å². The van der Waals surface area contributed by atoms with Crippen LogP contribution in [0.15, 0.2) is 59.7 Å². The van der Waals surface area contributed by atoms with Gasteiger partial charge < -0.3 is 4.74 Å². The SMILES string of the molecule is COc1ccc(C=NNC(=O)C(=O)Nc2nnc(-c3ccccc3)s2)cc1. The zero-order valence-corrected chi connectivity index (χ0v) is 15.1. The number of amides is 2. The third kappa shape index (κ3) is 4.95. The minimum atomic E-state index is -0.906. The summed E-state index contributed by atoms with van der Waals surface area (Å²) in [5.74, 6) is -1.07. The Labute approximate surface area is 158 Å². The molecule has 1 aromatic heterocycles. The first-order valence-electron chi connectivity index (χ1n) is 7.83.